The average Bonchev–Trinajstić information content (AvgIpc) is 1.91. The number of hydrogen-bond donors (Lipinski definition) is 1. The quantitative estimate of drug-likeness (QED) is 0.664. The van der Waals surface area contributed by atoms with Crippen molar-refractivity contribution < 1.29 is 22.2 Å². The van der Waals surface area contributed by atoms with Crippen LogP contribution in [0.2, 0.25) is 0 Å². The van der Waals surface area contributed by atoms with E-state index in [1.54, 1.807) is 0 Å². The minimum Gasteiger partial charge on any atom is -0.396 e. The molecule has 0 rings (SSSR count). The number of aliphatic hydroxyl groups is 1. The first-order valence-electron chi connectivity index (χ1n) is 3.96. The molecule has 1 N–H and O–H groups in total. The van der Waals surface area contributed by atoms with Gasteiger partial charge in [0.2, 0.25) is 0 Å². The van der Waals surface area contributed by atoms with Gasteiger partial charge in [0.1, 0.15) is 0 Å². The average molecular weight is 194 g/mol. The molecule has 0 saturated heterocycles. The molecule has 1 unspecified atom stereocenters. The first-order valence-corrected chi connectivity index (χ1v) is 3.96. The summed E-state index contributed by atoms with van der Waals surface area (Å²) in [6.07, 6.45) is 4.83. The van der Waals surface area contributed by atoms with Gasteiger partial charge in [-0.05, 0) is 12.3 Å². The number of unbranched alkanes of at least 4 members (excludes halogenated alkanes) is 1. The van der Waals surface area contributed by atoms with Gasteiger partial charge in [-0.3, -0.25) is 0 Å². The van der Waals surface area contributed by atoms with Crippen molar-refractivity contribution in [2.75, 3.05) is 6.61 Å². The molecule has 0 bridgehead atoms. The second kappa shape index (κ2) is 9.48. The monoisotopic (exact) mass is 193 g/mol. The van der Waals surface area contributed by atoms with E-state index in [-0.39, 0.29) is 17.1 Å². The summed E-state index contributed by atoms with van der Waals surface area (Å²) in [4.78, 5) is 0. The molecule has 1 atom stereocenters. The largest absolute Gasteiger partial charge is 0.396 e. The summed E-state index contributed by atoms with van der Waals surface area (Å²) in [5, 5.41) is 8.75. The smallest absolute Gasteiger partial charge is 0.0459 e. The predicted molar refractivity (Wildman–Crippen MR) is 40.4 cm³/mol. The zero-order chi connectivity index (χ0) is 7.11. The van der Waals surface area contributed by atoms with Crippen LogP contribution in [-0.2, 0) is 17.1 Å². The SMILES string of the molecule is CCCCC(CC)CO.[Cu]. The van der Waals surface area contributed by atoms with E-state index in [9.17, 15) is 0 Å². The fraction of sp³-hybridized carbons (Fsp3) is 1.00. The molecule has 0 amide bonds. The Labute approximate surface area is 74.7 Å². The van der Waals surface area contributed by atoms with E-state index in [0.29, 0.717) is 12.5 Å². The molecule has 0 fully saturated rings. The third-order valence-corrected chi connectivity index (χ3v) is 1.80. The summed E-state index contributed by atoms with van der Waals surface area (Å²) in [5.74, 6) is 0.560. The Balaban J connectivity index is 0. The summed E-state index contributed by atoms with van der Waals surface area (Å²) in [6.45, 7) is 4.69. The Morgan fingerprint density at radius 1 is 1.30 bits per heavy atom. The van der Waals surface area contributed by atoms with Gasteiger partial charge in [0.15, 0.2) is 0 Å². The van der Waals surface area contributed by atoms with Crippen LogP contribution in [0.5, 0.6) is 0 Å². The van der Waals surface area contributed by atoms with Crippen LogP contribution in [-0.4, -0.2) is 11.7 Å². The van der Waals surface area contributed by atoms with E-state index < -0.39 is 0 Å². The van der Waals surface area contributed by atoms with Gasteiger partial charge in [-0.1, -0.05) is 33.1 Å². The van der Waals surface area contributed by atoms with Crippen molar-refractivity contribution in [3.8, 4) is 0 Å². The molecule has 0 saturated carbocycles. The molecule has 0 aliphatic heterocycles. The van der Waals surface area contributed by atoms with Crippen molar-refractivity contribution in [2.45, 2.75) is 39.5 Å². The second-order valence-corrected chi connectivity index (χ2v) is 2.60. The molecule has 1 nitrogen and oxygen atoms in total. The molecule has 0 heterocycles. The zero-order valence-corrected chi connectivity index (χ0v) is 7.80. The zero-order valence-electron chi connectivity index (χ0n) is 6.86. The van der Waals surface area contributed by atoms with Gasteiger partial charge in [-0.15, -0.1) is 0 Å². The van der Waals surface area contributed by atoms with Crippen LogP contribution in [0.25, 0.3) is 0 Å². The molecule has 67 valence electrons. The van der Waals surface area contributed by atoms with Crippen LogP contribution in [0.3, 0.4) is 0 Å². The molecule has 1 radical (unpaired) electrons. The predicted octanol–water partition coefficient (Wildman–Crippen LogP) is 2.19. The molecule has 0 spiro atoms. The molecule has 0 aliphatic rings. The van der Waals surface area contributed by atoms with Crippen LogP contribution < -0.4 is 0 Å². The van der Waals surface area contributed by atoms with E-state index in [0.717, 1.165) is 6.42 Å². The van der Waals surface area contributed by atoms with Crippen LogP contribution >= 0.6 is 0 Å². The van der Waals surface area contributed by atoms with Crippen molar-refractivity contribution in [3.05, 3.63) is 0 Å². The van der Waals surface area contributed by atoms with Gasteiger partial charge in [-0.2, -0.15) is 0 Å². The molecule has 0 aromatic heterocycles. The fourth-order valence-electron chi connectivity index (χ4n) is 0.917. The van der Waals surface area contributed by atoms with Gasteiger partial charge in [0, 0.05) is 23.7 Å². The third-order valence-electron chi connectivity index (χ3n) is 1.80. The maximum Gasteiger partial charge on any atom is 0.0459 e. The summed E-state index contributed by atoms with van der Waals surface area (Å²) < 4.78 is 0. The second-order valence-electron chi connectivity index (χ2n) is 2.60. The van der Waals surface area contributed by atoms with E-state index >= 15 is 0 Å². The Hall–Kier alpha value is 0.479. The first kappa shape index (κ1) is 13.1. The Morgan fingerprint density at radius 2 is 1.90 bits per heavy atom. The molecular formula is C8H18CuO. The summed E-state index contributed by atoms with van der Waals surface area (Å²) in [5.41, 5.74) is 0. The summed E-state index contributed by atoms with van der Waals surface area (Å²) >= 11 is 0. The maximum absolute atomic E-state index is 8.75. The maximum atomic E-state index is 8.75. The van der Waals surface area contributed by atoms with E-state index in [2.05, 4.69) is 13.8 Å². The summed E-state index contributed by atoms with van der Waals surface area (Å²) in [7, 11) is 0. The minimum absolute atomic E-state index is 0. The van der Waals surface area contributed by atoms with Gasteiger partial charge >= 0.3 is 0 Å². The Bertz CT molecular complexity index is 53.2. The van der Waals surface area contributed by atoms with Crippen molar-refractivity contribution >= 4 is 0 Å². The van der Waals surface area contributed by atoms with Gasteiger partial charge in [0.05, 0.1) is 0 Å². The molecule has 0 aliphatic carbocycles. The van der Waals surface area contributed by atoms with Crippen molar-refractivity contribution in [1.29, 1.82) is 0 Å². The van der Waals surface area contributed by atoms with Crippen molar-refractivity contribution in [3.63, 3.8) is 0 Å². The number of aliphatic hydroxyl groups excluding tert-OH is 1. The summed E-state index contributed by atoms with van der Waals surface area (Å²) in [6, 6.07) is 0. The fourth-order valence-corrected chi connectivity index (χ4v) is 0.917. The van der Waals surface area contributed by atoms with Crippen molar-refractivity contribution in [1.82, 2.24) is 0 Å². The molecule has 10 heavy (non-hydrogen) atoms. The Morgan fingerprint density at radius 3 is 2.20 bits per heavy atom. The Kier molecular flexibility index (Phi) is 12.4. The van der Waals surface area contributed by atoms with Crippen LogP contribution in [0.1, 0.15) is 39.5 Å². The standard InChI is InChI=1S/C8H18O.Cu/c1-3-5-6-8(4-2)7-9;/h8-9H,3-7H2,1-2H3;. The van der Waals surface area contributed by atoms with E-state index in [4.69, 9.17) is 5.11 Å². The minimum atomic E-state index is 0. The van der Waals surface area contributed by atoms with Crippen LogP contribution in [0, 0.1) is 5.92 Å². The number of hydrogen-bond acceptors (Lipinski definition) is 1. The van der Waals surface area contributed by atoms with E-state index in [1.807, 2.05) is 0 Å². The van der Waals surface area contributed by atoms with Crippen LogP contribution in [0.15, 0.2) is 0 Å². The molecule has 0 aromatic carbocycles. The molecule has 0 aromatic rings. The normalized spacial score (nSPS) is 12.3. The van der Waals surface area contributed by atoms with Gasteiger partial charge in [0.25, 0.3) is 0 Å². The molecular weight excluding hydrogens is 176 g/mol. The number of rotatable bonds is 5. The first-order chi connectivity index (χ1) is 4.35. The molecule has 2 heteroatoms. The van der Waals surface area contributed by atoms with Gasteiger partial charge < -0.3 is 5.11 Å². The van der Waals surface area contributed by atoms with E-state index in [1.165, 1.54) is 19.3 Å². The van der Waals surface area contributed by atoms with Crippen LogP contribution in [0.4, 0.5) is 0 Å². The topological polar surface area (TPSA) is 20.2 Å². The van der Waals surface area contributed by atoms with Gasteiger partial charge in [-0.25, -0.2) is 0 Å². The third kappa shape index (κ3) is 6.60. The van der Waals surface area contributed by atoms with Crippen molar-refractivity contribution in [2.24, 2.45) is 5.92 Å².